The van der Waals surface area contributed by atoms with E-state index in [1.807, 2.05) is 0 Å². The van der Waals surface area contributed by atoms with Crippen molar-refractivity contribution in [3.8, 4) is 11.4 Å². The highest BCUT2D eigenvalue weighted by atomic mass is 16.5. The Labute approximate surface area is 150 Å². The largest absolute Gasteiger partial charge is 0.379 e. The Hall–Kier alpha value is -1.78. The van der Waals surface area contributed by atoms with E-state index in [9.17, 15) is 0 Å². The molecular weight excluding hydrogens is 310 g/mol. The third-order valence-corrected chi connectivity index (χ3v) is 5.64. The Morgan fingerprint density at radius 3 is 2.44 bits per heavy atom. The van der Waals surface area contributed by atoms with Crippen LogP contribution in [0.25, 0.3) is 11.4 Å². The summed E-state index contributed by atoms with van der Waals surface area (Å²) in [6.07, 6.45) is 3.87. The number of ether oxygens (including phenoxy) is 1. The third kappa shape index (κ3) is 3.60. The lowest BCUT2D eigenvalue weighted by Gasteiger charge is -2.32. The van der Waals surface area contributed by atoms with Gasteiger partial charge in [-0.15, -0.1) is 0 Å². The molecule has 25 heavy (non-hydrogen) atoms. The van der Waals surface area contributed by atoms with Crippen molar-refractivity contribution in [2.75, 3.05) is 26.3 Å². The highest BCUT2D eigenvalue weighted by Gasteiger charge is 2.22. The lowest BCUT2D eigenvalue weighted by atomic mass is 9.82. The number of aryl methyl sites for hydroxylation is 1. The average Bonchev–Trinajstić information content (AvgIpc) is 2.60. The Kier molecular flexibility index (Phi) is 4.82. The van der Waals surface area contributed by atoms with Gasteiger partial charge in [-0.2, -0.15) is 0 Å². The topological polar surface area (TPSA) is 38.2 Å². The predicted octanol–water partition coefficient (Wildman–Crippen LogP) is 4.11. The van der Waals surface area contributed by atoms with E-state index in [1.165, 1.54) is 30.5 Å². The minimum atomic E-state index is 0.418. The van der Waals surface area contributed by atoms with Crippen molar-refractivity contribution in [3.05, 3.63) is 47.3 Å². The Bertz CT molecular complexity index is 718. The summed E-state index contributed by atoms with van der Waals surface area (Å²) in [4.78, 5) is 12.0. The average molecular weight is 337 g/mol. The fourth-order valence-corrected chi connectivity index (χ4v) is 3.72. The minimum Gasteiger partial charge on any atom is -0.379 e. The van der Waals surface area contributed by atoms with Gasteiger partial charge < -0.3 is 4.74 Å². The minimum absolute atomic E-state index is 0.418. The number of benzene rings is 1. The van der Waals surface area contributed by atoms with Gasteiger partial charge in [0, 0.05) is 42.0 Å². The first-order chi connectivity index (χ1) is 12.2. The number of hydrogen-bond donors (Lipinski definition) is 0. The zero-order valence-corrected chi connectivity index (χ0v) is 15.2. The quantitative estimate of drug-likeness (QED) is 0.841. The van der Waals surface area contributed by atoms with Crippen LogP contribution in [0.2, 0.25) is 0 Å². The van der Waals surface area contributed by atoms with Gasteiger partial charge in [0.1, 0.15) is 0 Å². The normalized spacial score (nSPS) is 20.2. The van der Waals surface area contributed by atoms with Crippen molar-refractivity contribution in [2.45, 2.75) is 45.1 Å². The number of aromatic nitrogens is 2. The van der Waals surface area contributed by atoms with Gasteiger partial charge in [-0.25, -0.2) is 9.97 Å². The number of rotatable bonds is 4. The highest BCUT2D eigenvalue weighted by molar-refractivity contribution is 5.56. The van der Waals surface area contributed by atoms with Gasteiger partial charge in [-0.05, 0) is 38.3 Å². The molecule has 4 rings (SSSR count). The summed E-state index contributed by atoms with van der Waals surface area (Å²) in [5, 5.41) is 0. The molecule has 1 aromatic heterocycles. The van der Waals surface area contributed by atoms with Crippen LogP contribution in [0.15, 0.2) is 30.3 Å². The molecule has 0 spiro atoms. The molecule has 132 valence electrons. The van der Waals surface area contributed by atoms with Crippen molar-refractivity contribution < 1.29 is 4.74 Å². The maximum absolute atomic E-state index is 5.46. The standard InChI is InChI=1S/C21H27N3O/c1-15-14-20(18-4-3-5-18)23-21(22-15)19-8-6-17(7-9-19)16(2)24-10-12-25-13-11-24/h6-9,14,16,18H,3-5,10-13H2,1-2H3/t16-/m1/s1. The molecule has 0 radical (unpaired) electrons. The highest BCUT2D eigenvalue weighted by Crippen LogP contribution is 2.36. The third-order valence-electron chi connectivity index (χ3n) is 5.64. The van der Waals surface area contributed by atoms with Gasteiger partial charge >= 0.3 is 0 Å². The van der Waals surface area contributed by atoms with E-state index >= 15 is 0 Å². The number of hydrogen-bond acceptors (Lipinski definition) is 4. The second-order valence-electron chi connectivity index (χ2n) is 7.33. The van der Waals surface area contributed by atoms with Gasteiger partial charge in [-0.1, -0.05) is 30.7 Å². The van der Waals surface area contributed by atoms with Crippen LogP contribution in [-0.2, 0) is 4.74 Å². The van der Waals surface area contributed by atoms with Crippen molar-refractivity contribution in [3.63, 3.8) is 0 Å². The van der Waals surface area contributed by atoms with E-state index in [4.69, 9.17) is 9.72 Å². The van der Waals surface area contributed by atoms with Crippen molar-refractivity contribution in [1.82, 2.24) is 14.9 Å². The fourth-order valence-electron chi connectivity index (χ4n) is 3.72. The Morgan fingerprint density at radius 1 is 1.08 bits per heavy atom. The van der Waals surface area contributed by atoms with Gasteiger partial charge in [0.05, 0.1) is 13.2 Å². The summed E-state index contributed by atoms with van der Waals surface area (Å²) in [6.45, 7) is 8.04. The molecule has 1 saturated carbocycles. The molecule has 0 N–H and O–H groups in total. The molecule has 4 heteroatoms. The zero-order valence-electron chi connectivity index (χ0n) is 15.2. The molecule has 1 saturated heterocycles. The molecule has 2 aromatic rings. The van der Waals surface area contributed by atoms with Crippen LogP contribution in [0.1, 0.15) is 55.1 Å². The molecule has 4 nitrogen and oxygen atoms in total. The first kappa shape index (κ1) is 16.7. The number of morpholine rings is 1. The van der Waals surface area contributed by atoms with Gasteiger partial charge in [0.25, 0.3) is 0 Å². The summed E-state index contributed by atoms with van der Waals surface area (Å²) in [5.74, 6) is 1.51. The van der Waals surface area contributed by atoms with Crippen LogP contribution in [-0.4, -0.2) is 41.2 Å². The van der Waals surface area contributed by atoms with Crippen molar-refractivity contribution in [2.24, 2.45) is 0 Å². The van der Waals surface area contributed by atoms with E-state index in [2.05, 4.69) is 54.1 Å². The SMILES string of the molecule is Cc1cc(C2CCC2)nc(-c2ccc([C@@H](C)N3CCOCC3)cc2)n1. The molecule has 1 aliphatic carbocycles. The van der Waals surface area contributed by atoms with Crippen LogP contribution in [0.4, 0.5) is 0 Å². The summed E-state index contributed by atoms with van der Waals surface area (Å²) in [5.41, 5.74) is 4.75. The molecule has 1 aromatic carbocycles. The van der Waals surface area contributed by atoms with E-state index in [0.717, 1.165) is 43.4 Å². The molecule has 2 heterocycles. The lowest BCUT2D eigenvalue weighted by Crippen LogP contribution is -2.37. The van der Waals surface area contributed by atoms with Gasteiger partial charge in [-0.3, -0.25) is 4.90 Å². The Morgan fingerprint density at radius 2 is 1.80 bits per heavy atom. The van der Waals surface area contributed by atoms with Gasteiger partial charge in [0.2, 0.25) is 0 Å². The molecule has 2 fully saturated rings. The zero-order chi connectivity index (χ0) is 17.2. The summed E-state index contributed by atoms with van der Waals surface area (Å²) >= 11 is 0. The molecule has 1 atom stereocenters. The second-order valence-corrected chi connectivity index (χ2v) is 7.33. The molecule has 0 unspecified atom stereocenters. The van der Waals surface area contributed by atoms with E-state index in [0.29, 0.717) is 12.0 Å². The second kappa shape index (κ2) is 7.22. The molecule has 1 aliphatic heterocycles. The predicted molar refractivity (Wildman–Crippen MR) is 99.6 cm³/mol. The van der Waals surface area contributed by atoms with Crippen LogP contribution in [0, 0.1) is 6.92 Å². The summed E-state index contributed by atoms with van der Waals surface area (Å²) in [7, 11) is 0. The molecule has 0 amide bonds. The maximum atomic E-state index is 5.46. The summed E-state index contributed by atoms with van der Waals surface area (Å²) in [6, 6.07) is 11.4. The van der Waals surface area contributed by atoms with Crippen molar-refractivity contribution >= 4 is 0 Å². The van der Waals surface area contributed by atoms with Gasteiger partial charge in [0.15, 0.2) is 5.82 Å². The summed E-state index contributed by atoms with van der Waals surface area (Å²) < 4.78 is 5.46. The molecular formula is C21H27N3O. The smallest absolute Gasteiger partial charge is 0.159 e. The van der Waals surface area contributed by atoms with Crippen LogP contribution in [0.3, 0.4) is 0 Å². The molecule has 2 aliphatic rings. The van der Waals surface area contributed by atoms with Crippen LogP contribution < -0.4 is 0 Å². The monoisotopic (exact) mass is 337 g/mol. The first-order valence-electron chi connectivity index (χ1n) is 9.48. The molecule has 0 bridgehead atoms. The van der Waals surface area contributed by atoms with Crippen LogP contribution in [0.5, 0.6) is 0 Å². The van der Waals surface area contributed by atoms with Crippen LogP contribution >= 0.6 is 0 Å². The first-order valence-corrected chi connectivity index (χ1v) is 9.48. The maximum Gasteiger partial charge on any atom is 0.159 e. The Balaban J connectivity index is 1.54. The van der Waals surface area contributed by atoms with E-state index in [-0.39, 0.29) is 0 Å². The number of nitrogens with zero attached hydrogens (tertiary/aromatic N) is 3. The van der Waals surface area contributed by atoms with Crippen molar-refractivity contribution in [1.29, 1.82) is 0 Å². The van der Waals surface area contributed by atoms with E-state index < -0.39 is 0 Å². The fraction of sp³-hybridized carbons (Fsp3) is 0.524. The lowest BCUT2D eigenvalue weighted by molar-refractivity contribution is 0.0198. The van der Waals surface area contributed by atoms with E-state index in [1.54, 1.807) is 0 Å².